The van der Waals surface area contributed by atoms with Crippen molar-refractivity contribution in [3.8, 4) is 0 Å². The Balaban J connectivity index is 1.79. The van der Waals surface area contributed by atoms with Crippen LogP contribution >= 0.6 is 0 Å². The number of nitrogen functional groups attached to an aromatic ring is 1. The van der Waals surface area contributed by atoms with Gasteiger partial charge in [0, 0.05) is 13.1 Å². The average Bonchev–Trinajstić information content (AvgIpc) is 2.20. The van der Waals surface area contributed by atoms with Crippen molar-refractivity contribution in [1.29, 1.82) is 0 Å². The van der Waals surface area contributed by atoms with Crippen molar-refractivity contribution < 1.29 is 9.53 Å². The summed E-state index contributed by atoms with van der Waals surface area (Å²) in [5.74, 6) is 1.34. The average molecular weight is 264 g/mol. The SMILES string of the molecule is CC(C)(C)OC(=O)NC1CN(c2cccc(N)n2)C1. The topological polar surface area (TPSA) is 80.5 Å². The van der Waals surface area contributed by atoms with E-state index in [-0.39, 0.29) is 12.1 Å². The van der Waals surface area contributed by atoms with Crippen LogP contribution in [0.1, 0.15) is 20.8 Å². The van der Waals surface area contributed by atoms with Crippen LogP contribution in [0, 0.1) is 0 Å². The predicted octanol–water partition coefficient (Wildman–Crippen LogP) is 1.38. The second-order valence-corrected chi connectivity index (χ2v) is 5.67. The third-order valence-electron chi connectivity index (χ3n) is 2.68. The summed E-state index contributed by atoms with van der Waals surface area (Å²) in [6.45, 7) is 6.97. The Morgan fingerprint density at radius 2 is 2.16 bits per heavy atom. The predicted molar refractivity (Wildman–Crippen MR) is 74.0 cm³/mol. The smallest absolute Gasteiger partial charge is 0.407 e. The molecule has 2 heterocycles. The van der Waals surface area contributed by atoms with Gasteiger partial charge >= 0.3 is 6.09 Å². The normalized spacial score (nSPS) is 15.8. The van der Waals surface area contributed by atoms with Crippen molar-refractivity contribution >= 4 is 17.7 Å². The molecule has 1 amide bonds. The van der Waals surface area contributed by atoms with E-state index in [1.54, 1.807) is 6.07 Å². The van der Waals surface area contributed by atoms with Crippen LogP contribution in [-0.2, 0) is 4.74 Å². The fourth-order valence-electron chi connectivity index (χ4n) is 1.85. The van der Waals surface area contributed by atoms with E-state index < -0.39 is 5.60 Å². The number of hydrogen-bond acceptors (Lipinski definition) is 5. The van der Waals surface area contributed by atoms with Crippen LogP contribution in [0.25, 0.3) is 0 Å². The van der Waals surface area contributed by atoms with Crippen LogP contribution in [0.5, 0.6) is 0 Å². The van der Waals surface area contributed by atoms with Crippen LogP contribution < -0.4 is 16.0 Å². The molecule has 1 fully saturated rings. The molecule has 0 spiro atoms. The number of carbonyl (C=O) groups is 1. The number of pyridine rings is 1. The maximum Gasteiger partial charge on any atom is 0.407 e. The first kappa shape index (κ1) is 13.5. The largest absolute Gasteiger partial charge is 0.444 e. The van der Waals surface area contributed by atoms with E-state index in [9.17, 15) is 4.79 Å². The second kappa shape index (κ2) is 4.95. The minimum atomic E-state index is -0.469. The van der Waals surface area contributed by atoms with E-state index in [1.165, 1.54) is 0 Å². The first-order chi connectivity index (χ1) is 8.83. The Kier molecular flexibility index (Phi) is 3.50. The number of alkyl carbamates (subject to hydrolysis) is 1. The fraction of sp³-hybridized carbons (Fsp3) is 0.538. The van der Waals surface area contributed by atoms with Crippen LogP contribution in [0.15, 0.2) is 18.2 Å². The van der Waals surface area contributed by atoms with Gasteiger partial charge in [-0.15, -0.1) is 0 Å². The molecule has 0 radical (unpaired) electrons. The molecule has 19 heavy (non-hydrogen) atoms. The Bertz CT molecular complexity index is 464. The van der Waals surface area contributed by atoms with E-state index in [0.29, 0.717) is 5.82 Å². The van der Waals surface area contributed by atoms with E-state index in [1.807, 2.05) is 32.9 Å². The van der Waals surface area contributed by atoms with Gasteiger partial charge in [-0.2, -0.15) is 0 Å². The quantitative estimate of drug-likeness (QED) is 0.843. The molecule has 0 bridgehead atoms. The number of hydrogen-bond donors (Lipinski definition) is 2. The minimum Gasteiger partial charge on any atom is -0.444 e. The summed E-state index contributed by atoms with van der Waals surface area (Å²) in [6, 6.07) is 5.62. The van der Waals surface area contributed by atoms with Crippen molar-refractivity contribution in [3.05, 3.63) is 18.2 Å². The van der Waals surface area contributed by atoms with E-state index in [0.717, 1.165) is 18.9 Å². The molecule has 0 aliphatic carbocycles. The molecule has 1 aromatic rings. The Hall–Kier alpha value is -1.98. The number of aromatic nitrogens is 1. The number of carbonyl (C=O) groups excluding carboxylic acids is 1. The number of nitrogens with two attached hydrogens (primary N) is 1. The Morgan fingerprint density at radius 3 is 2.74 bits per heavy atom. The number of rotatable bonds is 2. The van der Waals surface area contributed by atoms with Crippen molar-refractivity contribution in [2.75, 3.05) is 23.7 Å². The van der Waals surface area contributed by atoms with Gasteiger partial charge in [-0.1, -0.05) is 6.07 Å². The minimum absolute atomic E-state index is 0.0954. The lowest BCUT2D eigenvalue weighted by atomic mass is 10.1. The molecule has 0 aromatic carbocycles. The van der Waals surface area contributed by atoms with Crippen LogP contribution in [-0.4, -0.2) is 35.8 Å². The fourth-order valence-corrected chi connectivity index (χ4v) is 1.85. The highest BCUT2D eigenvalue weighted by atomic mass is 16.6. The summed E-state index contributed by atoms with van der Waals surface area (Å²) in [7, 11) is 0. The highest BCUT2D eigenvalue weighted by Gasteiger charge is 2.30. The molecule has 1 aliphatic rings. The van der Waals surface area contributed by atoms with E-state index in [2.05, 4.69) is 15.2 Å². The van der Waals surface area contributed by atoms with Gasteiger partial charge in [0.2, 0.25) is 0 Å². The second-order valence-electron chi connectivity index (χ2n) is 5.67. The molecular formula is C13H20N4O2. The number of amides is 1. The third kappa shape index (κ3) is 3.74. The molecule has 1 aliphatic heterocycles. The number of anilines is 2. The molecule has 1 aromatic heterocycles. The zero-order chi connectivity index (χ0) is 14.0. The lowest BCUT2D eigenvalue weighted by Gasteiger charge is -2.40. The highest BCUT2D eigenvalue weighted by molar-refractivity contribution is 5.68. The van der Waals surface area contributed by atoms with Crippen molar-refractivity contribution in [2.24, 2.45) is 0 Å². The van der Waals surface area contributed by atoms with Crippen LogP contribution in [0.3, 0.4) is 0 Å². The summed E-state index contributed by atoms with van der Waals surface area (Å²) in [5, 5.41) is 2.83. The lowest BCUT2D eigenvalue weighted by molar-refractivity contribution is 0.0496. The molecule has 1 saturated heterocycles. The molecule has 0 saturated carbocycles. The molecule has 6 heteroatoms. The standard InChI is InChI=1S/C13H20N4O2/c1-13(2,3)19-12(18)15-9-7-17(8-9)11-6-4-5-10(14)16-11/h4-6,9H,7-8H2,1-3H3,(H2,14,16)(H,15,18). The molecule has 2 rings (SSSR count). The van der Waals surface area contributed by atoms with E-state index in [4.69, 9.17) is 10.5 Å². The summed E-state index contributed by atoms with van der Waals surface area (Å²) in [4.78, 5) is 17.9. The van der Waals surface area contributed by atoms with Crippen LogP contribution in [0.2, 0.25) is 0 Å². The summed E-state index contributed by atoms with van der Waals surface area (Å²) < 4.78 is 5.20. The maximum atomic E-state index is 11.6. The van der Waals surface area contributed by atoms with Gasteiger partial charge in [0.15, 0.2) is 0 Å². The van der Waals surface area contributed by atoms with Crippen molar-refractivity contribution in [2.45, 2.75) is 32.4 Å². The Labute approximate surface area is 112 Å². The zero-order valence-electron chi connectivity index (χ0n) is 11.5. The summed E-state index contributed by atoms with van der Waals surface area (Å²) in [6.07, 6.45) is -0.377. The summed E-state index contributed by atoms with van der Waals surface area (Å²) in [5.41, 5.74) is 5.16. The van der Waals surface area contributed by atoms with E-state index >= 15 is 0 Å². The van der Waals surface area contributed by atoms with Crippen molar-refractivity contribution in [3.63, 3.8) is 0 Å². The third-order valence-corrected chi connectivity index (χ3v) is 2.68. The van der Waals surface area contributed by atoms with Crippen LogP contribution in [0.4, 0.5) is 16.4 Å². The first-order valence-electron chi connectivity index (χ1n) is 6.30. The molecule has 104 valence electrons. The monoisotopic (exact) mass is 264 g/mol. The van der Waals surface area contributed by atoms with Gasteiger partial charge in [-0.25, -0.2) is 9.78 Å². The van der Waals surface area contributed by atoms with Gasteiger partial charge in [-0.05, 0) is 32.9 Å². The van der Waals surface area contributed by atoms with Gasteiger partial charge in [0.25, 0.3) is 0 Å². The Morgan fingerprint density at radius 1 is 1.47 bits per heavy atom. The van der Waals surface area contributed by atoms with Gasteiger partial charge < -0.3 is 20.7 Å². The molecule has 6 nitrogen and oxygen atoms in total. The number of ether oxygens (including phenoxy) is 1. The lowest BCUT2D eigenvalue weighted by Crippen LogP contribution is -2.60. The highest BCUT2D eigenvalue weighted by Crippen LogP contribution is 2.19. The zero-order valence-corrected chi connectivity index (χ0v) is 11.5. The van der Waals surface area contributed by atoms with Gasteiger partial charge in [-0.3, -0.25) is 0 Å². The molecular weight excluding hydrogens is 244 g/mol. The maximum absolute atomic E-state index is 11.6. The van der Waals surface area contributed by atoms with Gasteiger partial charge in [0.05, 0.1) is 6.04 Å². The van der Waals surface area contributed by atoms with Gasteiger partial charge in [0.1, 0.15) is 17.2 Å². The number of nitrogens with one attached hydrogen (secondary N) is 1. The number of nitrogens with zero attached hydrogens (tertiary/aromatic N) is 2. The molecule has 0 unspecified atom stereocenters. The molecule has 0 atom stereocenters. The molecule has 3 N–H and O–H groups in total. The van der Waals surface area contributed by atoms with Crippen molar-refractivity contribution in [1.82, 2.24) is 10.3 Å². The first-order valence-corrected chi connectivity index (χ1v) is 6.30. The summed E-state index contributed by atoms with van der Waals surface area (Å²) >= 11 is 0.